The summed E-state index contributed by atoms with van der Waals surface area (Å²) in [5, 5.41) is 6.40. The van der Waals surface area contributed by atoms with Crippen LogP contribution in [0.5, 0.6) is 0 Å². The van der Waals surface area contributed by atoms with Crippen molar-refractivity contribution in [3.05, 3.63) is 67.9 Å². The van der Waals surface area contributed by atoms with Crippen molar-refractivity contribution in [1.29, 1.82) is 0 Å². The molecular formula is C17H14F6N5P. The molecule has 0 aliphatic heterocycles. The quantitative estimate of drug-likeness (QED) is 0.134. The number of hydrogen-bond donors (Lipinski definition) is 0. The summed E-state index contributed by atoms with van der Waals surface area (Å²) in [6, 6.07) is 12.4. The molecule has 3 aromatic heterocycles. The summed E-state index contributed by atoms with van der Waals surface area (Å²) in [6.07, 6.45) is 7.09. The van der Waals surface area contributed by atoms with Gasteiger partial charge in [0.05, 0.1) is 0 Å². The van der Waals surface area contributed by atoms with Crippen LogP contribution in [0.25, 0.3) is 27.6 Å². The van der Waals surface area contributed by atoms with Gasteiger partial charge in [-0.1, -0.05) is 12.6 Å². The van der Waals surface area contributed by atoms with Gasteiger partial charge in [-0.15, -0.1) is 0 Å². The molecule has 0 radical (unpaired) electrons. The first-order chi connectivity index (χ1) is 13.3. The molecule has 0 N–H and O–H groups in total. The maximum absolute atomic E-state index is 10.7. The van der Waals surface area contributed by atoms with Crippen LogP contribution >= 0.6 is 7.81 Å². The number of hydrogen-bond acceptors (Lipinski definition) is 3. The molecule has 1 aromatic carbocycles. The number of allylic oxidation sites excluding steroid dienone is 1. The summed E-state index contributed by atoms with van der Waals surface area (Å²) >= 11 is 0. The second-order valence-electron chi connectivity index (χ2n) is 5.99. The molecular weight excluding hydrogens is 419 g/mol. The predicted molar refractivity (Wildman–Crippen MR) is 98.1 cm³/mol. The van der Waals surface area contributed by atoms with Crippen molar-refractivity contribution >= 4 is 29.6 Å². The van der Waals surface area contributed by atoms with Crippen LogP contribution in [-0.4, -0.2) is 19.7 Å². The van der Waals surface area contributed by atoms with Gasteiger partial charge >= 0.3 is 33.0 Å². The Labute approximate surface area is 160 Å². The van der Waals surface area contributed by atoms with E-state index in [0.717, 1.165) is 34.2 Å². The Balaban J connectivity index is 0.000000298. The second-order valence-corrected chi connectivity index (χ2v) is 7.91. The summed E-state index contributed by atoms with van der Waals surface area (Å²) < 4.78 is 63.0. The zero-order chi connectivity index (χ0) is 21.3. The van der Waals surface area contributed by atoms with Gasteiger partial charge in [0.15, 0.2) is 18.6 Å². The van der Waals surface area contributed by atoms with E-state index in [1.807, 2.05) is 24.4 Å². The van der Waals surface area contributed by atoms with Crippen LogP contribution in [0.4, 0.5) is 25.2 Å². The Morgan fingerprint density at radius 2 is 1.66 bits per heavy atom. The van der Waals surface area contributed by atoms with Crippen LogP contribution in [0.3, 0.4) is 0 Å². The van der Waals surface area contributed by atoms with E-state index >= 15 is 0 Å². The summed E-state index contributed by atoms with van der Waals surface area (Å²) in [7, 11) is -10.7. The van der Waals surface area contributed by atoms with Gasteiger partial charge in [-0.25, -0.2) is 14.6 Å². The van der Waals surface area contributed by atoms with Crippen molar-refractivity contribution in [2.45, 2.75) is 6.54 Å². The van der Waals surface area contributed by atoms with E-state index in [4.69, 9.17) is 4.98 Å². The summed E-state index contributed by atoms with van der Waals surface area (Å²) in [6.45, 7) is 4.58. The average molecular weight is 433 g/mol. The fourth-order valence-electron chi connectivity index (χ4n) is 2.69. The predicted octanol–water partition coefficient (Wildman–Crippen LogP) is 5.82. The van der Waals surface area contributed by atoms with Gasteiger partial charge in [0, 0.05) is 16.8 Å². The van der Waals surface area contributed by atoms with Gasteiger partial charge in [-0.2, -0.15) is 9.67 Å². The van der Waals surface area contributed by atoms with Crippen LogP contribution in [-0.2, 0) is 6.54 Å². The standard InChI is InChI=1S/C17H14N5.F6P/c1-2-9-21-10-3-4-14-6-5-13-7-8-15(20-16(13)17(14)21)22-12-18-11-19-22;1-7(2,3,4,5)6/h2-8,10-12H,1,9H2;/q+1;-1. The van der Waals surface area contributed by atoms with E-state index in [1.54, 1.807) is 11.0 Å². The average Bonchev–Trinajstić information content (AvgIpc) is 3.13. The molecule has 29 heavy (non-hydrogen) atoms. The number of aromatic nitrogens is 5. The molecule has 5 nitrogen and oxygen atoms in total. The molecule has 0 amide bonds. The van der Waals surface area contributed by atoms with Crippen LogP contribution in [0.2, 0.25) is 0 Å². The van der Waals surface area contributed by atoms with E-state index < -0.39 is 7.81 Å². The summed E-state index contributed by atoms with van der Waals surface area (Å²) in [4.78, 5) is 8.78. The van der Waals surface area contributed by atoms with E-state index in [9.17, 15) is 25.2 Å². The fraction of sp³-hybridized carbons (Fsp3) is 0.0588. The van der Waals surface area contributed by atoms with E-state index in [-0.39, 0.29) is 0 Å². The molecule has 3 heterocycles. The Bertz CT molecular complexity index is 1180. The summed E-state index contributed by atoms with van der Waals surface area (Å²) in [5.41, 5.74) is 2.05. The molecule has 0 fully saturated rings. The van der Waals surface area contributed by atoms with Crippen molar-refractivity contribution in [2.24, 2.45) is 0 Å². The zero-order valence-electron chi connectivity index (χ0n) is 14.6. The molecule has 0 saturated carbocycles. The molecule has 0 atom stereocenters. The van der Waals surface area contributed by atoms with Crippen molar-refractivity contribution in [3.63, 3.8) is 0 Å². The number of benzene rings is 1. The molecule has 0 aliphatic rings. The van der Waals surface area contributed by atoms with Gasteiger partial charge < -0.3 is 0 Å². The van der Waals surface area contributed by atoms with Crippen molar-refractivity contribution in [1.82, 2.24) is 19.7 Å². The van der Waals surface area contributed by atoms with Crippen molar-refractivity contribution in [3.8, 4) is 5.82 Å². The molecule has 0 bridgehead atoms. The molecule has 154 valence electrons. The minimum absolute atomic E-state index is 0.742. The zero-order valence-corrected chi connectivity index (χ0v) is 15.5. The Morgan fingerprint density at radius 3 is 2.28 bits per heavy atom. The fourth-order valence-corrected chi connectivity index (χ4v) is 2.69. The third-order valence-corrected chi connectivity index (χ3v) is 3.66. The molecule has 0 aliphatic carbocycles. The van der Waals surface area contributed by atoms with Gasteiger partial charge in [0.2, 0.25) is 5.52 Å². The second kappa shape index (κ2) is 6.48. The number of rotatable bonds is 3. The summed E-state index contributed by atoms with van der Waals surface area (Å²) in [5.74, 6) is 0.756. The van der Waals surface area contributed by atoms with Crippen LogP contribution in [0, 0.1) is 0 Å². The normalized spacial score (nSPS) is 14.0. The first kappa shape index (κ1) is 20.7. The molecule has 4 aromatic rings. The van der Waals surface area contributed by atoms with Crippen LogP contribution in [0.1, 0.15) is 0 Å². The third-order valence-electron chi connectivity index (χ3n) is 3.66. The monoisotopic (exact) mass is 433 g/mol. The number of nitrogens with zero attached hydrogens (tertiary/aromatic N) is 5. The molecule has 0 saturated heterocycles. The van der Waals surface area contributed by atoms with E-state index in [2.05, 4.69) is 45.5 Å². The first-order valence-corrected chi connectivity index (χ1v) is 10.1. The number of halogens is 6. The molecule has 0 spiro atoms. The maximum atomic E-state index is 9.87. The van der Waals surface area contributed by atoms with Gasteiger partial charge in [-0.3, -0.25) is 0 Å². The topological polar surface area (TPSA) is 47.5 Å². The van der Waals surface area contributed by atoms with Gasteiger partial charge in [-0.05, 0) is 30.3 Å². The number of pyridine rings is 2. The first-order valence-electron chi connectivity index (χ1n) is 8.06. The van der Waals surface area contributed by atoms with E-state index in [1.165, 1.54) is 6.33 Å². The molecule has 12 heteroatoms. The Morgan fingerprint density at radius 1 is 1.00 bits per heavy atom. The molecule has 0 unspecified atom stereocenters. The Hall–Kier alpha value is -3.07. The van der Waals surface area contributed by atoms with E-state index in [0.29, 0.717) is 0 Å². The SMILES string of the molecule is C=CC[n+]1cccc2ccc3ccc(-n4cncn4)nc3c21.F[P-](F)(F)(F)(F)F. The molecule has 4 rings (SSSR count). The van der Waals surface area contributed by atoms with Crippen LogP contribution < -0.4 is 4.57 Å². The van der Waals surface area contributed by atoms with Crippen molar-refractivity contribution < 1.29 is 29.7 Å². The van der Waals surface area contributed by atoms with Gasteiger partial charge in [0.1, 0.15) is 18.2 Å². The Kier molecular flexibility index (Phi) is 4.62. The number of fused-ring (bicyclic) bond motifs is 3. The third kappa shape index (κ3) is 5.95. The minimum atomic E-state index is -10.7. The van der Waals surface area contributed by atoms with Crippen molar-refractivity contribution in [2.75, 3.05) is 0 Å². The van der Waals surface area contributed by atoms with Gasteiger partial charge in [0.25, 0.3) is 0 Å². The van der Waals surface area contributed by atoms with Crippen LogP contribution in [0.15, 0.2) is 67.9 Å².